The predicted octanol–water partition coefficient (Wildman–Crippen LogP) is 3.44. The first-order valence-electron chi connectivity index (χ1n) is 12.2. The number of sulfonamides is 1. The molecule has 2 aromatic carbocycles. The summed E-state index contributed by atoms with van der Waals surface area (Å²) in [5.41, 5.74) is 6.64. The highest BCUT2D eigenvalue weighted by atomic mass is 32.2. The number of alkyl halides is 3. The largest absolute Gasteiger partial charge is 0.497 e. The van der Waals surface area contributed by atoms with Gasteiger partial charge in [0.05, 0.1) is 24.0 Å². The third kappa shape index (κ3) is 7.99. The second-order valence-electron chi connectivity index (χ2n) is 9.05. The predicted molar refractivity (Wildman–Crippen MR) is 150 cm³/mol. The van der Waals surface area contributed by atoms with Crippen LogP contribution in [-0.4, -0.2) is 86.6 Å². The monoisotopic (exact) mass is 644 g/mol. The van der Waals surface area contributed by atoms with Gasteiger partial charge in [0.15, 0.2) is 0 Å². The van der Waals surface area contributed by atoms with Gasteiger partial charge < -0.3 is 25.2 Å². The van der Waals surface area contributed by atoms with Crippen molar-refractivity contribution in [2.45, 2.75) is 30.1 Å². The molecular formula is C26H27F3N4O8S2. The molecule has 1 saturated heterocycles. The SMILES string of the molecule is COC(=O)N=C(N)c1cc(CN2CC[C@H](N(C)S(=O)(=O)c3ccc4ccc(OC)cc4c3)C2=O)cs1.O=C(O)C(F)(F)F. The second-order valence-corrected chi connectivity index (χ2v) is 12.0. The molecule has 43 heavy (non-hydrogen) atoms. The molecule has 1 aliphatic rings. The summed E-state index contributed by atoms with van der Waals surface area (Å²) < 4.78 is 69.4. The van der Waals surface area contributed by atoms with Crippen LogP contribution in [0.2, 0.25) is 0 Å². The molecule has 0 bridgehead atoms. The number of likely N-dealkylation sites (N-methyl/N-ethyl adjacent to an activating group) is 1. The van der Waals surface area contributed by atoms with Crippen LogP contribution in [0.15, 0.2) is 57.7 Å². The fourth-order valence-corrected chi connectivity index (χ4v) is 6.24. The average Bonchev–Trinajstić information content (AvgIpc) is 3.58. The summed E-state index contributed by atoms with van der Waals surface area (Å²) in [6.45, 7) is 0.705. The number of methoxy groups -OCH3 is 2. The first-order chi connectivity index (χ1) is 20.1. The van der Waals surface area contributed by atoms with Gasteiger partial charge in [0.25, 0.3) is 0 Å². The van der Waals surface area contributed by atoms with Crippen LogP contribution in [0.3, 0.4) is 0 Å². The highest BCUT2D eigenvalue weighted by molar-refractivity contribution is 7.89. The summed E-state index contributed by atoms with van der Waals surface area (Å²) in [5.74, 6) is -2.37. The fourth-order valence-electron chi connectivity index (χ4n) is 4.05. The molecule has 2 heterocycles. The normalized spacial score (nSPS) is 15.8. The number of rotatable bonds is 7. The van der Waals surface area contributed by atoms with Crippen LogP contribution in [0.5, 0.6) is 5.75 Å². The molecule has 1 fully saturated rings. The fraction of sp³-hybridized carbons (Fsp3) is 0.308. The molecule has 2 amide bonds. The minimum absolute atomic E-state index is 0.0301. The van der Waals surface area contributed by atoms with E-state index in [1.165, 1.54) is 25.5 Å². The van der Waals surface area contributed by atoms with Gasteiger partial charge in [-0.25, -0.2) is 18.0 Å². The second kappa shape index (κ2) is 13.4. The minimum Gasteiger partial charge on any atom is -0.497 e. The number of halogens is 3. The summed E-state index contributed by atoms with van der Waals surface area (Å²) in [7, 11) is 0.283. The van der Waals surface area contributed by atoms with Crippen molar-refractivity contribution in [1.82, 2.24) is 9.21 Å². The molecule has 1 atom stereocenters. The van der Waals surface area contributed by atoms with E-state index < -0.39 is 34.3 Å². The van der Waals surface area contributed by atoms with Gasteiger partial charge in [-0.1, -0.05) is 12.1 Å². The van der Waals surface area contributed by atoms with Crippen LogP contribution >= 0.6 is 11.3 Å². The lowest BCUT2D eigenvalue weighted by Gasteiger charge is -2.23. The van der Waals surface area contributed by atoms with E-state index in [9.17, 15) is 31.2 Å². The molecule has 12 nitrogen and oxygen atoms in total. The lowest BCUT2D eigenvalue weighted by Crippen LogP contribution is -2.42. The molecule has 232 valence electrons. The number of amides is 2. The van der Waals surface area contributed by atoms with Gasteiger partial charge in [-0.2, -0.15) is 22.5 Å². The van der Waals surface area contributed by atoms with Crippen molar-refractivity contribution in [3.8, 4) is 5.75 Å². The van der Waals surface area contributed by atoms with Gasteiger partial charge in [-0.3, -0.25) is 4.79 Å². The van der Waals surface area contributed by atoms with Crippen molar-refractivity contribution in [3.63, 3.8) is 0 Å². The van der Waals surface area contributed by atoms with E-state index in [0.717, 1.165) is 20.6 Å². The van der Waals surface area contributed by atoms with Crippen molar-refractivity contribution in [3.05, 3.63) is 58.3 Å². The number of likely N-dealkylation sites (tertiary alicyclic amines) is 1. The Morgan fingerprint density at radius 3 is 2.42 bits per heavy atom. The Balaban J connectivity index is 0.000000646. The number of carboxylic acid groups (broad SMARTS) is 1. The summed E-state index contributed by atoms with van der Waals surface area (Å²) in [5, 5.41) is 10.6. The molecule has 4 rings (SSSR count). The van der Waals surface area contributed by atoms with Crippen molar-refractivity contribution in [2.75, 3.05) is 27.8 Å². The first kappa shape index (κ1) is 33.3. The van der Waals surface area contributed by atoms with E-state index in [0.29, 0.717) is 30.1 Å². The number of benzene rings is 2. The molecule has 0 aliphatic carbocycles. The zero-order valence-corrected chi connectivity index (χ0v) is 24.6. The van der Waals surface area contributed by atoms with E-state index in [4.69, 9.17) is 20.4 Å². The maximum atomic E-state index is 13.4. The number of carbonyl (C=O) groups is 3. The Morgan fingerprint density at radius 2 is 1.81 bits per heavy atom. The average molecular weight is 645 g/mol. The highest BCUT2D eigenvalue weighted by Crippen LogP contribution is 2.28. The lowest BCUT2D eigenvalue weighted by atomic mass is 10.1. The van der Waals surface area contributed by atoms with Crippen molar-refractivity contribution >= 4 is 55.9 Å². The van der Waals surface area contributed by atoms with Crippen molar-refractivity contribution in [1.29, 1.82) is 0 Å². The first-order valence-corrected chi connectivity index (χ1v) is 14.5. The van der Waals surface area contributed by atoms with E-state index in [1.807, 2.05) is 17.5 Å². The number of thiophene rings is 1. The number of aliphatic carboxylic acids is 1. The summed E-state index contributed by atoms with van der Waals surface area (Å²) in [6.07, 6.45) is -5.51. The Hall–Kier alpha value is -4.22. The van der Waals surface area contributed by atoms with Crippen molar-refractivity contribution in [2.24, 2.45) is 10.7 Å². The Morgan fingerprint density at radius 1 is 1.16 bits per heavy atom. The molecule has 0 saturated carbocycles. The molecule has 1 aromatic heterocycles. The van der Waals surface area contributed by atoms with E-state index in [2.05, 4.69) is 9.73 Å². The summed E-state index contributed by atoms with van der Waals surface area (Å²) in [4.78, 5) is 39.3. The quantitative estimate of drug-likeness (QED) is 0.289. The van der Waals surface area contributed by atoms with E-state index in [-0.39, 0.29) is 16.6 Å². The van der Waals surface area contributed by atoms with Gasteiger partial charge in [0, 0.05) is 20.1 Å². The van der Waals surface area contributed by atoms with Crippen LogP contribution < -0.4 is 10.5 Å². The summed E-state index contributed by atoms with van der Waals surface area (Å²) in [6, 6.07) is 11.3. The van der Waals surface area contributed by atoms with Gasteiger partial charge in [-0.15, -0.1) is 11.3 Å². The third-order valence-corrected chi connectivity index (χ3v) is 9.18. The van der Waals surface area contributed by atoms with Gasteiger partial charge in [0.1, 0.15) is 17.6 Å². The molecular weight excluding hydrogens is 617 g/mol. The molecule has 3 N–H and O–H groups in total. The summed E-state index contributed by atoms with van der Waals surface area (Å²) >= 11 is 1.29. The van der Waals surface area contributed by atoms with Crippen LogP contribution in [0.25, 0.3) is 10.8 Å². The maximum absolute atomic E-state index is 13.4. The van der Waals surface area contributed by atoms with E-state index in [1.54, 1.807) is 42.3 Å². The van der Waals surface area contributed by atoms with Gasteiger partial charge in [-0.05, 0) is 58.5 Å². The smallest absolute Gasteiger partial charge is 0.490 e. The molecule has 0 unspecified atom stereocenters. The lowest BCUT2D eigenvalue weighted by molar-refractivity contribution is -0.192. The van der Waals surface area contributed by atoms with Crippen LogP contribution in [0, 0.1) is 0 Å². The highest BCUT2D eigenvalue weighted by Gasteiger charge is 2.40. The number of fused-ring (bicyclic) bond motifs is 1. The van der Waals surface area contributed by atoms with Crippen molar-refractivity contribution < 1.29 is 50.6 Å². The molecule has 1 aliphatic heterocycles. The Bertz CT molecular complexity index is 1660. The van der Waals surface area contributed by atoms with Gasteiger partial charge in [0.2, 0.25) is 15.9 Å². The number of nitrogens with zero attached hydrogens (tertiary/aromatic N) is 3. The number of carboxylic acids is 1. The van der Waals surface area contributed by atoms with Crippen LogP contribution in [0.1, 0.15) is 16.9 Å². The number of amidine groups is 1. The molecule has 0 spiro atoms. The molecule has 0 radical (unpaired) electrons. The topological polar surface area (TPSA) is 169 Å². The Labute approximate surface area is 248 Å². The Kier molecular flexibility index (Phi) is 10.4. The number of hydrogen-bond acceptors (Lipinski definition) is 8. The van der Waals surface area contributed by atoms with Gasteiger partial charge >= 0.3 is 18.2 Å². The molecule has 3 aromatic rings. The standard InChI is InChI=1S/C24H26N4O6S2.C2HF3O2/c1-27(36(31,32)19-7-5-16-4-6-18(33-2)11-17(16)12-19)20-8-9-28(23(20)29)13-15-10-21(35-14-15)22(25)26-24(30)34-3;3-2(4,5)1(6)7/h4-7,10-12,14,20H,8-9,13H2,1-3H3,(H2,25,26,30);(H,6,7)/t20-;/m0./s1. The minimum atomic E-state index is -5.08. The van der Waals surface area contributed by atoms with Crippen LogP contribution in [0.4, 0.5) is 18.0 Å². The number of carbonyl (C=O) groups excluding carboxylic acids is 2. The third-order valence-electron chi connectivity index (χ3n) is 6.31. The zero-order valence-electron chi connectivity index (χ0n) is 23.0. The number of nitrogens with two attached hydrogens (primary N) is 1. The number of ether oxygens (including phenoxy) is 2. The maximum Gasteiger partial charge on any atom is 0.490 e. The molecule has 17 heteroatoms. The zero-order chi connectivity index (χ0) is 32.1. The van der Waals surface area contributed by atoms with E-state index >= 15 is 0 Å². The number of aliphatic imine (C=N–C) groups is 1. The number of hydrogen-bond donors (Lipinski definition) is 2. The van der Waals surface area contributed by atoms with Crippen LogP contribution in [-0.2, 0) is 30.9 Å².